The molecule has 0 atom stereocenters. The van der Waals surface area contributed by atoms with Crippen LogP contribution in [0.3, 0.4) is 0 Å². The van der Waals surface area contributed by atoms with Crippen molar-refractivity contribution in [1.82, 2.24) is 15.2 Å². The zero-order valence-electron chi connectivity index (χ0n) is 12.5. The first-order valence-corrected chi connectivity index (χ1v) is 9.53. The molecule has 0 spiro atoms. The normalized spacial score (nSPS) is 17.0. The van der Waals surface area contributed by atoms with Gasteiger partial charge in [0, 0.05) is 10.9 Å². The largest absolute Gasteiger partial charge is 0.361 e. The zero-order chi connectivity index (χ0) is 15.7. The van der Waals surface area contributed by atoms with E-state index in [0.717, 1.165) is 42.1 Å². The molecule has 2 N–H and O–H groups in total. The lowest BCUT2D eigenvalue weighted by atomic mass is 10.1. The summed E-state index contributed by atoms with van der Waals surface area (Å²) in [6.07, 6.45) is 1.64. The number of hydrogen-bond donors (Lipinski definition) is 2. The first kappa shape index (κ1) is 15.7. The molecule has 6 nitrogen and oxygen atoms in total. The van der Waals surface area contributed by atoms with Crippen LogP contribution < -0.4 is 10.0 Å². The van der Waals surface area contributed by atoms with Crippen molar-refractivity contribution >= 4 is 21.4 Å². The maximum absolute atomic E-state index is 12.5. The van der Waals surface area contributed by atoms with Crippen LogP contribution in [0.25, 0.3) is 10.4 Å². The monoisotopic (exact) mass is 341 g/mol. The predicted molar refractivity (Wildman–Crippen MR) is 85.5 cm³/mol. The van der Waals surface area contributed by atoms with Crippen LogP contribution in [0.1, 0.15) is 24.3 Å². The van der Waals surface area contributed by atoms with E-state index >= 15 is 0 Å². The van der Waals surface area contributed by atoms with Crippen molar-refractivity contribution in [2.24, 2.45) is 0 Å². The van der Waals surface area contributed by atoms with Crippen LogP contribution in [-0.4, -0.2) is 32.7 Å². The summed E-state index contributed by atoms with van der Waals surface area (Å²) in [7, 11) is -3.47. The van der Waals surface area contributed by atoms with Crippen LogP contribution in [0.5, 0.6) is 0 Å². The minimum absolute atomic E-state index is 0.0101. The summed E-state index contributed by atoms with van der Waals surface area (Å²) in [6, 6.07) is 3.47. The number of nitrogens with one attached hydrogen (secondary N) is 2. The van der Waals surface area contributed by atoms with Crippen LogP contribution in [0.2, 0.25) is 0 Å². The van der Waals surface area contributed by atoms with Gasteiger partial charge in [-0.15, -0.1) is 11.3 Å². The summed E-state index contributed by atoms with van der Waals surface area (Å²) >= 11 is 1.25. The Morgan fingerprint density at radius 2 is 2.05 bits per heavy atom. The molecular weight excluding hydrogens is 322 g/mol. The molecule has 0 saturated carbocycles. The molecule has 1 aliphatic rings. The fourth-order valence-corrected chi connectivity index (χ4v) is 5.42. The van der Waals surface area contributed by atoms with Crippen LogP contribution in [0.4, 0.5) is 0 Å². The maximum Gasteiger partial charge on any atom is 0.250 e. The SMILES string of the molecule is Cc1noc(C)c1-c1ccc(S(=O)(=O)NC2CCNCC2)s1. The smallest absolute Gasteiger partial charge is 0.250 e. The van der Waals surface area contributed by atoms with E-state index in [4.69, 9.17) is 4.52 Å². The molecule has 0 aliphatic carbocycles. The quantitative estimate of drug-likeness (QED) is 0.889. The molecule has 3 heterocycles. The van der Waals surface area contributed by atoms with Gasteiger partial charge in [-0.05, 0) is 51.9 Å². The van der Waals surface area contributed by atoms with Gasteiger partial charge >= 0.3 is 0 Å². The lowest BCUT2D eigenvalue weighted by Gasteiger charge is -2.23. The summed E-state index contributed by atoms with van der Waals surface area (Å²) in [5, 5.41) is 7.14. The summed E-state index contributed by atoms with van der Waals surface area (Å²) < 4.78 is 33.3. The number of aromatic nitrogens is 1. The number of piperidine rings is 1. The molecule has 0 unspecified atom stereocenters. The Balaban J connectivity index is 1.83. The molecule has 0 bridgehead atoms. The van der Waals surface area contributed by atoms with Crippen LogP contribution in [-0.2, 0) is 10.0 Å². The second-order valence-corrected chi connectivity index (χ2v) is 8.49. The highest BCUT2D eigenvalue weighted by atomic mass is 32.2. The molecule has 0 radical (unpaired) electrons. The van der Waals surface area contributed by atoms with Gasteiger partial charge in [-0.1, -0.05) is 5.16 Å². The number of nitrogens with zero attached hydrogens (tertiary/aromatic N) is 1. The van der Waals surface area contributed by atoms with Crippen LogP contribution >= 0.6 is 11.3 Å². The topological polar surface area (TPSA) is 84.2 Å². The Labute approximate surface area is 134 Å². The van der Waals surface area contributed by atoms with Crippen LogP contribution in [0.15, 0.2) is 20.9 Å². The summed E-state index contributed by atoms with van der Waals surface area (Å²) in [6.45, 7) is 5.38. The van der Waals surface area contributed by atoms with Gasteiger partial charge in [-0.2, -0.15) is 0 Å². The van der Waals surface area contributed by atoms with Gasteiger partial charge < -0.3 is 9.84 Å². The van der Waals surface area contributed by atoms with Crippen molar-refractivity contribution in [3.05, 3.63) is 23.6 Å². The average molecular weight is 341 g/mol. The molecule has 120 valence electrons. The standard InChI is InChI=1S/C14H19N3O3S2/c1-9-14(10(2)20-16-9)12-3-4-13(21-12)22(18,19)17-11-5-7-15-8-6-11/h3-4,11,15,17H,5-8H2,1-2H3. The number of thiophene rings is 1. The maximum atomic E-state index is 12.5. The summed E-state index contributed by atoms with van der Waals surface area (Å²) in [4.78, 5) is 0.863. The third-order valence-corrected chi connectivity index (χ3v) is 6.90. The minimum atomic E-state index is -3.47. The summed E-state index contributed by atoms with van der Waals surface area (Å²) in [5.41, 5.74) is 1.66. The predicted octanol–water partition coefficient (Wildman–Crippen LogP) is 2.05. The number of rotatable bonds is 4. The molecule has 2 aromatic heterocycles. The van der Waals surface area contributed by atoms with Gasteiger partial charge in [0.15, 0.2) is 0 Å². The molecular formula is C14H19N3O3S2. The van der Waals surface area contributed by atoms with E-state index in [0.29, 0.717) is 9.97 Å². The second kappa shape index (κ2) is 6.11. The van der Waals surface area contributed by atoms with Crippen molar-refractivity contribution in [1.29, 1.82) is 0 Å². The average Bonchev–Trinajstić information content (AvgIpc) is 3.07. The van der Waals surface area contributed by atoms with Gasteiger partial charge in [-0.3, -0.25) is 0 Å². The Bertz CT molecular complexity index is 739. The molecule has 0 amide bonds. The van der Waals surface area contributed by atoms with Crippen molar-refractivity contribution in [3.63, 3.8) is 0 Å². The Morgan fingerprint density at radius 1 is 1.32 bits per heavy atom. The fourth-order valence-electron chi connectivity index (χ4n) is 2.65. The minimum Gasteiger partial charge on any atom is -0.361 e. The highest BCUT2D eigenvalue weighted by Crippen LogP contribution is 2.34. The highest BCUT2D eigenvalue weighted by molar-refractivity contribution is 7.91. The van der Waals surface area contributed by atoms with E-state index < -0.39 is 10.0 Å². The van der Waals surface area contributed by atoms with Crippen LogP contribution in [0, 0.1) is 13.8 Å². The Morgan fingerprint density at radius 3 is 2.68 bits per heavy atom. The molecule has 2 aromatic rings. The van der Waals surface area contributed by atoms with E-state index in [1.165, 1.54) is 11.3 Å². The van der Waals surface area contributed by atoms with Gasteiger partial charge in [0.05, 0.1) is 11.3 Å². The van der Waals surface area contributed by atoms with Crippen molar-refractivity contribution < 1.29 is 12.9 Å². The first-order chi connectivity index (χ1) is 10.5. The van der Waals surface area contributed by atoms with Crippen molar-refractivity contribution in [3.8, 4) is 10.4 Å². The van der Waals surface area contributed by atoms with E-state index in [1.54, 1.807) is 6.07 Å². The summed E-state index contributed by atoms with van der Waals surface area (Å²) in [5.74, 6) is 0.703. The number of sulfonamides is 1. The highest BCUT2D eigenvalue weighted by Gasteiger charge is 2.24. The van der Waals surface area contributed by atoms with E-state index in [1.807, 2.05) is 19.9 Å². The van der Waals surface area contributed by atoms with Crippen molar-refractivity contribution in [2.45, 2.75) is 36.9 Å². The zero-order valence-corrected chi connectivity index (χ0v) is 14.2. The molecule has 8 heteroatoms. The lowest BCUT2D eigenvalue weighted by molar-refractivity contribution is 0.393. The molecule has 1 aliphatic heterocycles. The molecule has 1 fully saturated rings. The Kier molecular flexibility index (Phi) is 4.35. The molecule has 22 heavy (non-hydrogen) atoms. The van der Waals surface area contributed by atoms with Gasteiger partial charge in [0.1, 0.15) is 9.97 Å². The number of hydrogen-bond acceptors (Lipinski definition) is 6. The fraction of sp³-hybridized carbons (Fsp3) is 0.500. The van der Waals surface area contributed by atoms with Gasteiger partial charge in [0.2, 0.25) is 10.0 Å². The van der Waals surface area contributed by atoms with E-state index in [2.05, 4.69) is 15.2 Å². The van der Waals surface area contributed by atoms with Gasteiger partial charge in [-0.25, -0.2) is 13.1 Å². The Hall–Kier alpha value is -1.22. The first-order valence-electron chi connectivity index (χ1n) is 7.23. The molecule has 3 rings (SSSR count). The van der Waals surface area contributed by atoms with E-state index in [9.17, 15) is 8.42 Å². The number of aryl methyl sites for hydroxylation is 2. The lowest BCUT2D eigenvalue weighted by Crippen LogP contribution is -2.42. The molecule has 1 saturated heterocycles. The molecule has 0 aromatic carbocycles. The van der Waals surface area contributed by atoms with Gasteiger partial charge in [0.25, 0.3) is 0 Å². The van der Waals surface area contributed by atoms with Crippen molar-refractivity contribution in [2.75, 3.05) is 13.1 Å². The second-order valence-electron chi connectivity index (χ2n) is 5.46. The third-order valence-electron chi connectivity index (χ3n) is 3.79. The third kappa shape index (κ3) is 3.10. The van der Waals surface area contributed by atoms with E-state index in [-0.39, 0.29) is 6.04 Å².